The van der Waals surface area contributed by atoms with Crippen LogP contribution in [0, 0.1) is 5.41 Å². The Morgan fingerprint density at radius 1 is 1.41 bits per heavy atom. The second kappa shape index (κ2) is 6.44. The van der Waals surface area contributed by atoms with Gasteiger partial charge in [-0.15, -0.1) is 6.58 Å². The van der Waals surface area contributed by atoms with Crippen LogP contribution in [0.4, 0.5) is 0 Å². The molecule has 0 amide bonds. The number of carboxylic acids is 1. The van der Waals surface area contributed by atoms with Crippen molar-refractivity contribution in [2.24, 2.45) is 5.41 Å². The first-order valence-electron chi connectivity index (χ1n) is 7.22. The Morgan fingerprint density at radius 3 is 2.50 bits per heavy atom. The normalized spacial score (nSPS) is 25.7. The van der Waals surface area contributed by atoms with Gasteiger partial charge in [-0.3, -0.25) is 4.79 Å². The van der Waals surface area contributed by atoms with Gasteiger partial charge in [0.25, 0.3) is 0 Å². The lowest BCUT2D eigenvalue weighted by atomic mass is 9.62. The van der Waals surface area contributed by atoms with Crippen molar-refractivity contribution < 1.29 is 19.8 Å². The maximum atomic E-state index is 12.3. The molecule has 0 fully saturated rings. The molecule has 120 valence electrons. The molecule has 1 aliphatic carbocycles. The third-order valence-corrected chi connectivity index (χ3v) is 4.28. The first-order chi connectivity index (χ1) is 10.0. The van der Waals surface area contributed by atoms with Gasteiger partial charge in [-0.2, -0.15) is 0 Å². The molecule has 1 aliphatic rings. The molecule has 1 rings (SSSR count). The summed E-state index contributed by atoms with van der Waals surface area (Å²) in [6.45, 7) is 10.7. The third kappa shape index (κ3) is 3.45. The quantitative estimate of drug-likeness (QED) is 0.465. The van der Waals surface area contributed by atoms with Crippen LogP contribution >= 0.6 is 0 Å². The van der Waals surface area contributed by atoms with E-state index in [1.54, 1.807) is 32.1 Å². The van der Waals surface area contributed by atoms with E-state index >= 15 is 0 Å². The first-order valence-corrected chi connectivity index (χ1v) is 7.22. The number of aliphatic hydroxyl groups is 1. The molecule has 2 N–H and O–H groups in total. The summed E-state index contributed by atoms with van der Waals surface area (Å²) in [6, 6.07) is 0. The van der Waals surface area contributed by atoms with Crippen LogP contribution in [0.1, 0.15) is 40.5 Å². The molecule has 0 aliphatic heterocycles. The minimum atomic E-state index is -1.30. The van der Waals surface area contributed by atoms with Gasteiger partial charge in [0, 0.05) is 23.5 Å². The molecular weight excluding hydrogens is 280 g/mol. The summed E-state index contributed by atoms with van der Waals surface area (Å²) < 4.78 is 0. The lowest BCUT2D eigenvalue weighted by molar-refractivity contribution is -0.131. The van der Waals surface area contributed by atoms with Crippen molar-refractivity contribution in [1.82, 2.24) is 0 Å². The van der Waals surface area contributed by atoms with E-state index in [9.17, 15) is 14.7 Å². The molecule has 0 aromatic rings. The van der Waals surface area contributed by atoms with Gasteiger partial charge in [0.2, 0.25) is 0 Å². The topological polar surface area (TPSA) is 74.6 Å². The molecule has 0 aromatic heterocycles. The fourth-order valence-electron chi connectivity index (χ4n) is 2.85. The Kier molecular flexibility index (Phi) is 5.30. The average Bonchev–Trinajstić information content (AvgIpc) is 2.38. The van der Waals surface area contributed by atoms with Gasteiger partial charge in [-0.1, -0.05) is 26.0 Å². The number of allylic oxidation sites excluding steroid dienone is 4. The van der Waals surface area contributed by atoms with Crippen molar-refractivity contribution in [3.8, 4) is 0 Å². The molecule has 0 spiro atoms. The summed E-state index contributed by atoms with van der Waals surface area (Å²) in [5, 5.41) is 19.9. The average molecular weight is 304 g/mol. The Balaban J connectivity index is 3.37. The number of carbonyl (C=O) groups excluding carboxylic acids is 1. The molecule has 0 bridgehead atoms. The molecule has 0 saturated heterocycles. The fraction of sp³-hybridized carbons (Fsp3) is 0.444. The lowest BCUT2D eigenvalue weighted by Gasteiger charge is -2.45. The van der Waals surface area contributed by atoms with Gasteiger partial charge in [-0.25, -0.2) is 4.79 Å². The Hall–Kier alpha value is -1.94. The molecule has 4 nitrogen and oxygen atoms in total. The van der Waals surface area contributed by atoms with Crippen molar-refractivity contribution in [2.45, 2.75) is 46.1 Å². The van der Waals surface area contributed by atoms with Gasteiger partial charge in [0.15, 0.2) is 5.78 Å². The molecule has 0 unspecified atom stereocenters. The third-order valence-electron chi connectivity index (χ3n) is 4.28. The van der Waals surface area contributed by atoms with E-state index in [1.165, 1.54) is 0 Å². The number of ketones is 1. The molecule has 0 aromatic carbocycles. The molecular formula is C18H24O4. The largest absolute Gasteiger partial charge is 0.478 e. The fourth-order valence-corrected chi connectivity index (χ4v) is 2.85. The highest BCUT2D eigenvalue weighted by atomic mass is 16.4. The van der Waals surface area contributed by atoms with E-state index in [0.29, 0.717) is 23.1 Å². The van der Waals surface area contributed by atoms with Gasteiger partial charge < -0.3 is 10.2 Å². The summed E-state index contributed by atoms with van der Waals surface area (Å²) >= 11 is 0. The standard InChI is InChI=1S/C18H24O4/c1-6-7-14-13(3)18(22,17(4,5)11-15(14)19)9-8-12(2)10-16(20)21/h6,8-10,22H,1,7,11H2,2-5H3,(H,20,21)/b9-8+,12-10-/t18-/m0/s1. The number of carbonyl (C=O) groups is 2. The summed E-state index contributed by atoms with van der Waals surface area (Å²) in [7, 11) is 0. The van der Waals surface area contributed by atoms with Crippen LogP contribution < -0.4 is 0 Å². The van der Waals surface area contributed by atoms with E-state index in [0.717, 1.165) is 6.08 Å². The van der Waals surface area contributed by atoms with Crippen molar-refractivity contribution in [3.63, 3.8) is 0 Å². The van der Waals surface area contributed by atoms with Crippen molar-refractivity contribution in [1.29, 1.82) is 0 Å². The molecule has 22 heavy (non-hydrogen) atoms. The Morgan fingerprint density at radius 2 is 2.00 bits per heavy atom. The van der Waals surface area contributed by atoms with Gasteiger partial charge in [-0.05, 0) is 37.5 Å². The van der Waals surface area contributed by atoms with Gasteiger partial charge in [0.05, 0.1) is 0 Å². The van der Waals surface area contributed by atoms with Crippen molar-refractivity contribution in [3.05, 3.63) is 47.6 Å². The smallest absolute Gasteiger partial charge is 0.328 e. The molecule has 4 heteroatoms. The molecule has 1 atom stereocenters. The highest BCUT2D eigenvalue weighted by molar-refractivity contribution is 5.98. The molecule has 0 saturated carbocycles. The first kappa shape index (κ1) is 18.1. The van der Waals surface area contributed by atoms with E-state index < -0.39 is 17.0 Å². The molecule has 0 heterocycles. The van der Waals surface area contributed by atoms with E-state index in [4.69, 9.17) is 5.11 Å². The summed E-state index contributed by atoms with van der Waals surface area (Å²) in [5.41, 5.74) is -0.257. The van der Waals surface area contributed by atoms with E-state index in [-0.39, 0.29) is 12.2 Å². The maximum absolute atomic E-state index is 12.3. The predicted molar refractivity (Wildman–Crippen MR) is 86.4 cm³/mol. The van der Waals surface area contributed by atoms with Crippen LogP contribution in [-0.4, -0.2) is 27.6 Å². The molecule has 0 radical (unpaired) electrons. The zero-order valence-electron chi connectivity index (χ0n) is 13.6. The second-order valence-corrected chi connectivity index (χ2v) is 6.41. The summed E-state index contributed by atoms with van der Waals surface area (Å²) in [5.74, 6) is -1.01. The second-order valence-electron chi connectivity index (χ2n) is 6.41. The summed E-state index contributed by atoms with van der Waals surface area (Å²) in [6.07, 6.45) is 6.55. The SMILES string of the molecule is C=CCC1=C(C)[C@@](O)(/C=C/C(C)=C\C(=O)O)C(C)(C)CC1=O. The number of aliphatic carboxylic acids is 1. The lowest BCUT2D eigenvalue weighted by Crippen LogP contribution is -2.49. The van der Waals surface area contributed by atoms with Crippen LogP contribution in [0.5, 0.6) is 0 Å². The van der Waals surface area contributed by atoms with Crippen molar-refractivity contribution >= 4 is 11.8 Å². The van der Waals surface area contributed by atoms with Crippen LogP contribution in [0.15, 0.2) is 47.6 Å². The number of hydrogen-bond acceptors (Lipinski definition) is 3. The summed E-state index contributed by atoms with van der Waals surface area (Å²) in [4.78, 5) is 22.9. The van der Waals surface area contributed by atoms with Gasteiger partial charge in [0.1, 0.15) is 5.60 Å². The highest BCUT2D eigenvalue weighted by Gasteiger charge is 2.49. The van der Waals surface area contributed by atoms with Crippen LogP contribution in [0.25, 0.3) is 0 Å². The van der Waals surface area contributed by atoms with Crippen molar-refractivity contribution in [2.75, 3.05) is 0 Å². The minimum absolute atomic E-state index is 0.0262. The maximum Gasteiger partial charge on any atom is 0.328 e. The number of rotatable bonds is 5. The Labute approximate surface area is 131 Å². The van der Waals surface area contributed by atoms with E-state index in [2.05, 4.69) is 6.58 Å². The number of hydrogen-bond donors (Lipinski definition) is 2. The Bertz CT molecular complexity index is 590. The number of carboxylic acid groups (broad SMARTS) is 1. The van der Waals surface area contributed by atoms with Crippen LogP contribution in [-0.2, 0) is 9.59 Å². The van der Waals surface area contributed by atoms with Crippen LogP contribution in [0.3, 0.4) is 0 Å². The van der Waals surface area contributed by atoms with Crippen LogP contribution in [0.2, 0.25) is 0 Å². The van der Waals surface area contributed by atoms with E-state index in [1.807, 2.05) is 13.8 Å². The highest BCUT2D eigenvalue weighted by Crippen LogP contribution is 2.47. The predicted octanol–water partition coefficient (Wildman–Crippen LogP) is 3.20. The monoisotopic (exact) mass is 304 g/mol. The minimum Gasteiger partial charge on any atom is -0.478 e. The zero-order chi connectivity index (χ0) is 17.1. The van der Waals surface area contributed by atoms with Gasteiger partial charge >= 0.3 is 5.97 Å². The zero-order valence-corrected chi connectivity index (χ0v) is 13.6. The number of Topliss-reactive ketones (excluding diaryl/α,β-unsaturated/α-hetero) is 1.